The Kier molecular flexibility index (Phi) is 3.17. The molecule has 4 nitrogen and oxygen atoms in total. The van der Waals surface area contributed by atoms with E-state index in [4.69, 9.17) is 0 Å². The first-order valence-electron chi connectivity index (χ1n) is 6.60. The Morgan fingerprint density at radius 3 is 2.95 bits per heavy atom. The van der Waals surface area contributed by atoms with Crippen molar-refractivity contribution in [2.75, 3.05) is 6.54 Å². The van der Waals surface area contributed by atoms with Crippen LogP contribution < -0.4 is 5.56 Å². The highest BCUT2D eigenvalue weighted by molar-refractivity contribution is 5.24. The third kappa shape index (κ3) is 2.31. The summed E-state index contributed by atoms with van der Waals surface area (Å²) in [6.45, 7) is 3.94. The summed E-state index contributed by atoms with van der Waals surface area (Å²) in [5.41, 5.74) is 3.08. The molecule has 0 amide bonds. The van der Waals surface area contributed by atoms with Gasteiger partial charge in [-0.25, -0.2) is 0 Å². The van der Waals surface area contributed by atoms with Gasteiger partial charge in [-0.1, -0.05) is 30.3 Å². The molecule has 1 N–H and O–H groups in total. The number of hydrogen-bond donors (Lipinski definition) is 1. The van der Waals surface area contributed by atoms with Crippen LogP contribution in [0.15, 0.2) is 41.5 Å². The lowest BCUT2D eigenvalue weighted by Crippen LogP contribution is -2.37. The van der Waals surface area contributed by atoms with Crippen molar-refractivity contribution in [3.63, 3.8) is 0 Å². The van der Waals surface area contributed by atoms with Crippen molar-refractivity contribution in [1.82, 2.24) is 14.9 Å². The van der Waals surface area contributed by atoms with E-state index < -0.39 is 0 Å². The number of benzene rings is 1. The zero-order valence-electron chi connectivity index (χ0n) is 11.0. The van der Waals surface area contributed by atoms with Gasteiger partial charge in [0.25, 0.3) is 5.56 Å². The number of aromatic nitrogens is 2. The molecule has 0 unspecified atom stereocenters. The SMILES string of the molecule is C[C@@H]1c2[nH]cnc(=O)c2CCN1Cc1ccccc1. The van der Waals surface area contributed by atoms with Crippen molar-refractivity contribution in [3.05, 3.63) is 63.8 Å². The number of H-pyrrole nitrogens is 1. The predicted octanol–water partition coefficient (Wildman–Crippen LogP) is 1.89. The highest BCUT2D eigenvalue weighted by atomic mass is 16.1. The smallest absolute Gasteiger partial charge is 0.276 e. The molecule has 1 aromatic carbocycles. The van der Waals surface area contributed by atoms with Crippen LogP contribution in [0.25, 0.3) is 0 Å². The average molecular weight is 255 g/mol. The molecule has 0 spiro atoms. The molecule has 0 saturated heterocycles. The zero-order valence-corrected chi connectivity index (χ0v) is 11.0. The summed E-state index contributed by atoms with van der Waals surface area (Å²) in [5.74, 6) is 0. The lowest BCUT2D eigenvalue weighted by atomic mass is 9.99. The molecular formula is C15H17N3O. The highest BCUT2D eigenvalue weighted by Crippen LogP contribution is 2.26. The molecule has 2 aromatic rings. The molecule has 1 atom stereocenters. The van der Waals surface area contributed by atoms with Crippen LogP contribution in [-0.2, 0) is 13.0 Å². The number of nitrogens with one attached hydrogen (secondary N) is 1. The Bertz CT molecular complexity index is 621. The van der Waals surface area contributed by atoms with Crippen molar-refractivity contribution in [2.24, 2.45) is 0 Å². The Labute approximate surface area is 112 Å². The first-order chi connectivity index (χ1) is 9.25. The van der Waals surface area contributed by atoms with Gasteiger partial charge < -0.3 is 4.98 Å². The summed E-state index contributed by atoms with van der Waals surface area (Å²) < 4.78 is 0. The summed E-state index contributed by atoms with van der Waals surface area (Å²) in [6, 6.07) is 10.6. The van der Waals surface area contributed by atoms with Crippen LogP contribution in [0, 0.1) is 0 Å². The topological polar surface area (TPSA) is 49.0 Å². The fraction of sp³-hybridized carbons (Fsp3) is 0.333. The van der Waals surface area contributed by atoms with Gasteiger partial charge in [0.05, 0.1) is 6.33 Å². The second kappa shape index (κ2) is 4.97. The van der Waals surface area contributed by atoms with E-state index in [-0.39, 0.29) is 11.6 Å². The van der Waals surface area contributed by atoms with Crippen LogP contribution in [0.1, 0.15) is 29.8 Å². The Morgan fingerprint density at radius 1 is 1.37 bits per heavy atom. The Balaban J connectivity index is 1.86. The summed E-state index contributed by atoms with van der Waals surface area (Å²) >= 11 is 0. The molecule has 98 valence electrons. The van der Waals surface area contributed by atoms with E-state index in [2.05, 4.69) is 46.1 Å². The monoisotopic (exact) mass is 255 g/mol. The lowest BCUT2D eigenvalue weighted by Gasteiger charge is -2.34. The molecule has 0 aliphatic carbocycles. The molecule has 0 fully saturated rings. The lowest BCUT2D eigenvalue weighted by molar-refractivity contribution is 0.184. The van der Waals surface area contributed by atoms with Crippen molar-refractivity contribution >= 4 is 0 Å². The van der Waals surface area contributed by atoms with Crippen molar-refractivity contribution in [2.45, 2.75) is 25.9 Å². The molecule has 1 aliphatic heterocycles. The van der Waals surface area contributed by atoms with Crippen LogP contribution in [0.2, 0.25) is 0 Å². The molecule has 1 aromatic heterocycles. The van der Waals surface area contributed by atoms with Gasteiger partial charge in [-0.05, 0) is 18.9 Å². The summed E-state index contributed by atoms with van der Waals surface area (Å²) in [6.07, 6.45) is 2.28. The van der Waals surface area contributed by atoms with Crippen LogP contribution in [0.5, 0.6) is 0 Å². The molecule has 19 heavy (non-hydrogen) atoms. The van der Waals surface area contributed by atoms with Crippen LogP contribution in [-0.4, -0.2) is 21.4 Å². The summed E-state index contributed by atoms with van der Waals surface area (Å²) in [7, 11) is 0. The predicted molar refractivity (Wildman–Crippen MR) is 73.8 cm³/mol. The Morgan fingerprint density at radius 2 is 2.16 bits per heavy atom. The second-order valence-corrected chi connectivity index (χ2v) is 4.98. The molecule has 2 heterocycles. The van der Waals surface area contributed by atoms with Crippen molar-refractivity contribution in [1.29, 1.82) is 0 Å². The average Bonchev–Trinajstić information content (AvgIpc) is 2.44. The normalized spacial score (nSPS) is 19.1. The molecule has 0 saturated carbocycles. The first kappa shape index (κ1) is 12.1. The van der Waals surface area contributed by atoms with Gasteiger partial charge in [-0.3, -0.25) is 9.69 Å². The molecule has 1 aliphatic rings. The third-order valence-corrected chi connectivity index (χ3v) is 3.83. The van der Waals surface area contributed by atoms with Gasteiger partial charge in [-0.15, -0.1) is 0 Å². The van der Waals surface area contributed by atoms with Gasteiger partial charge in [-0.2, -0.15) is 4.98 Å². The van der Waals surface area contributed by atoms with Gasteiger partial charge in [0.1, 0.15) is 0 Å². The molecule has 0 bridgehead atoms. The van der Waals surface area contributed by atoms with E-state index in [1.54, 1.807) is 0 Å². The van der Waals surface area contributed by atoms with E-state index in [1.165, 1.54) is 11.9 Å². The van der Waals surface area contributed by atoms with Crippen molar-refractivity contribution < 1.29 is 0 Å². The van der Waals surface area contributed by atoms with E-state index in [0.29, 0.717) is 0 Å². The molecule has 0 radical (unpaired) electrons. The van der Waals surface area contributed by atoms with E-state index in [1.807, 2.05) is 6.07 Å². The quantitative estimate of drug-likeness (QED) is 0.891. The highest BCUT2D eigenvalue weighted by Gasteiger charge is 2.26. The number of rotatable bonds is 2. The number of fused-ring (bicyclic) bond motifs is 1. The van der Waals surface area contributed by atoms with Gasteiger partial charge >= 0.3 is 0 Å². The minimum Gasteiger partial charge on any atom is -0.348 e. The number of aromatic amines is 1. The standard InChI is InChI=1S/C15H17N3O/c1-11-14-13(15(19)17-10-16-14)7-8-18(11)9-12-5-3-2-4-6-12/h2-6,10-11H,7-9H2,1H3,(H,16,17,19)/t11-/m1/s1. The number of hydrogen-bond acceptors (Lipinski definition) is 3. The largest absolute Gasteiger partial charge is 0.348 e. The maximum absolute atomic E-state index is 11.7. The fourth-order valence-corrected chi connectivity index (χ4v) is 2.72. The molecule has 3 rings (SSSR count). The minimum atomic E-state index is -0.0834. The molecular weight excluding hydrogens is 238 g/mol. The van der Waals surface area contributed by atoms with Crippen LogP contribution in [0.3, 0.4) is 0 Å². The number of nitrogens with zero attached hydrogens (tertiary/aromatic N) is 2. The van der Waals surface area contributed by atoms with Crippen LogP contribution >= 0.6 is 0 Å². The van der Waals surface area contributed by atoms with E-state index in [0.717, 1.165) is 30.8 Å². The van der Waals surface area contributed by atoms with Gasteiger partial charge in [0, 0.05) is 30.4 Å². The second-order valence-electron chi connectivity index (χ2n) is 4.98. The molecule has 4 heteroatoms. The maximum atomic E-state index is 11.7. The summed E-state index contributed by atoms with van der Waals surface area (Å²) in [5, 5.41) is 0. The maximum Gasteiger partial charge on any atom is 0.276 e. The van der Waals surface area contributed by atoms with Gasteiger partial charge in [0.2, 0.25) is 0 Å². The van der Waals surface area contributed by atoms with Crippen molar-refractivity contribution in [3.8, 4) is 0 Å². The summed E-state index contributed by atoms with van der Waals surface area (Å²) in [4.78, 5) is 21.1. The van der Waals surface area contributed by atoms with E-state index in [9.17, 15) is 4.79 Å². The third-order valence-electron chi connectivity index (χ3n) is 3.83. The zero-order chi connectivity index (χ0) is 13.2. The minimum absolute atomic E-state index is 0.0834. The Hall–Kier alpha value is -1.94. The first-order valence-corrected chi connectivity index (χ1v) is 6.60. The van der Waals surface area contributed by atoms with Gasteiger partial charge in [0.15, 0.2) is 0 Å². The van der Waals surface area contributed by atoms with E-state index >= 15 is 0 Å². The van der Waals surface area contributed by atoms with Crippen LogP contribution in [0.4, 0.5) is 0 Å². The fourth-order valence-electron chi connectivity index (χ4n) is 2.72.